The number of sulfone groups is 1. The molecule has 2 aromatic rings. The fourth-order valence-electron chi connectivity index (χ4n) is 2.89. The zero-order valence-electron chi connectivity index (χ0n) is 14.0. The molecule has 0 saturated carbocycles. The highest BCUT2D eigenvalue weighted by molar-refractivity contribution is 7.90. The third-order valence-electron chi connectivity index (χ3n) is 4.19. The number of aromatic nitrogens is 1. The van der Waals surface area contributed by atoms with Crippen LogP contribution >= 0.6 is 23.2 Å². The molecule has 6 nitrogen and oxygen atoms in total. The standard InChI is InChI=1S/C17H17Cl2N3O3S/c1-26(24,25)14-6-3-7-20-16(14)21-8-10-22(11-9-21)17(23)15-12(18)4-2-5-13(15)19/h2-7H,8-11H2,1H3. The average Bonchev–Trinajstić information content (AvgIpc) is 2.61. The second-order valence-corrected chi connectivity index (χ2v) is 8.77. The summed E-state index contributed by atoms with van der Waals surface area (Å²) in [6, 6.07) is 8.08. The van der Waals surface area contributed by atoms with E-state index in [9.17, 15) is 13.2 Å². The minimum Gasteiger partial charge on any atom is -0.352 e. The van der Waals surface area contributed by atoms with Crippen LogP contribution in [-0.4, -0.2) is 56.6 Å². The van der Waals surface area contributed by atoms with Gasteiger partial charge in [0.05, 0.1) is 15.6 Å². The number of hydrogen-bond acceptors (Lipinski definition) is 5. The summed E-state index contributed by atoms with van der Waals surface area (Å²) in [6.07, 6.45) is 2.72. The summed E-state index contributed by atoms with van der Waals surface area (Å²) in [6.45, 7) is 1.76. The predicted octanol–water partition coefficient (Wildman–Crippen LogP) is 2.75. The number of hydrogen-bond donors (Lipinski definition) is 0. The number of carbonyl (C=O) groups excluding carboxylic acids is 1. The van der Waals surface area contributed by atoms with E-state index >= 15 is 0 Å². The summed E-state index contributed by atoms with van der Waals surface area (Å²) in [7, 11) is -3.39. The Kier molecular flexibility index (Phi) is 5.41. The highest BCUT2D eigenvalue weighted by Gasteiger charge is 2.27. The number of amides is 1. The quantitative estimate of drug-likeness (QED) is 0.773. The number of halogens is 2. The molecule has 26 heavy (non-hydrogen) atoms. The summed E-state index contributed by atoms with van der Waals surface area (Å²) < 4.78 is 23.9. The van der Waals surface area contributed by atoms with Crippen LogP contribution in [0.5, 0.6) is 0 Å². The van der Waals surface area contributed by atoms with Gasteiger partial charge >= 0.3 is 0 Å². The van der Waals surface area contributed by atoms with E-state index < -0.39 is 9.84 Å². The molecular weight excluding hydrogens is 397 g/mol. The molecule has 1 aromatic heterocycles. The summed E-state index contributed by atoms with van der Waals surface area (Å²) in [5.74, 6) is 0.183. The molecule has 138 valence electrons. The van der Waals surface area contributed by atoms with Crippen molar-refractivity contribution in [1.29, 1.82) is 0 Å². The van der Waals surface area contributed by atoms with Crippen LogP contribution in [0.25, 0.3) is 0 Å². The van der Waals surface area contributed by atoms with Crippen molar-refractivity contribution in [3.63, 3.8) is 0 Å². The van der Waals surface area contributed by atoms with Crippen molar-refractivity contribution < 1.29 is 13.2 Å². The molecule has 9 heteroatoms. The van der Waals surface area contributed by atoms with Crippen molar-refractivity contribution in [2.75, 3.05) is 37.3 Å². The molecule has 2 heterocycles. The Hall–Kier alpha value is -1.83. The topological polar surface area (TPSA) is 70.6 Å². The molecule has 1 amide bonds. The van der Waals surface area contributed by atoms with Gasteiger partial charge < -0.3 is 9.80 Å². The maximum Gasteiger partial charge on any atom is 0.257 e. The van der Waals surface area contributed by atoms with Gasteiger partial charge in [-0.2, -0.15) is 0 Å². The van der Waals surface area contributed by atoms with Crippen molar-refractivity contribution in [2.45, 2.75) is 4.90 Å². The Bertz CT molecular complexity index is 922. The van der Waals surface area contributed by atoms with Gasteiger partial charge in [-0.05, 0) is 24.3 Å². The van der Waals surface area contributed by atoms with Gasteiger partial charge in [0.2, 0.25) is 0 Å². The molecule has 0 N–H and O–H groups in total. The first-order chi connectivity index (χ1) is 12.3. The number of piperazine rings is 1. The molecule has 0 spiro atoms. The fraction of sp³-hybridized carbons (Fsp3) is 0.294. The average molecular weight is 414 g/mol. The van der Waals surface area contributed by atoms with E-state index in [1.165, 1.54) is 0 Å². The zero-order valence-corrected chi connectivity index (χ0v) is 16.4. The maximum absolute atomic E-state index is 12.7. The molecule has 3 rings (SSSR count). The van der Waals surface area contributed by atoms with E-state index in [2.05, 4.69) is 4.98 Å². The predicted molar refractivity (Wildman–Crippen MR) is 102 cm³/mol. The number of carbonyl (C=O) groups is 1. The van der Waals surface area contributed by atoms with Gasteiger partial charge in [-0.1, -0.05) is 29.3 Å². The van der Waals surface area contributed by atoms with Gasteiger partial charge in [0.1, 0.15) is 10.7 Å². The smallest absolute Gasteiger partial charge is 0.257 e. The lowest BCUT2D eigenvalue weighted by Crippen LogP contribution is -2.49. The largest absolute Gasteiger partial charge is 0.352 e. The SMILES string of the molecule is CS(=O)(=O)c1cccnc1N1CCN(C(=O)c2c(Cl)cccc2Cl)CC1. The van der Waals surface area contributed by atoms with Crippen LogP contribution in [0.4, 0.5) is 5.82 Å². The highest BCUT2D eigenvalue weighted by atomic mass is 35.5. The minimum absolute atomic E-state index is 0.189. The van der Waals surface area contributed by atoms with Crippen molar-refractivity contribution in [3.8, 4) is 0 Å². The van der Waals surface area contributed by atoms with E-state index in [4.69, 9.17) is 23.2 Å². The number of benzene rings is 1. The lowest BCUT2D eigenvalue weighted by atomic mass is 10.1. The zero-order chi connectivity index (χ0) is 18.9. The Balaban J connectivity index is 1.78. The van der Waals surface area contributed by atoms with Crippen molar-refractivity contribution in [2.24, 2.45) is 0 Å². The fourth-order valence-corrected chi connectivity index (χ4v) is 4.29. The van der Waals surface area contributed by atoms with E-state index in [0.717, 1.165) is 6.26 Å². The summed E-state index contributed by atoms with van der Waals surface area (Å²) >= 11 is 12.2. The lowest BCUT2D eigenvalue weighted by Gasteiger charge is -2.36. The Morgan fingerprint density at radius 2 is 1.65 bits per heavy atom. The molecule has 0 unspecified atom stereocenters. The van der Waals surface area contributed by atoms with Gasteiger partial charge in [-0.15, -0.1) is 0 Å². The van der Waals surface area contributed by atoms with Crippen LogP contribution in [0.1, 0.15) is 10.4 Å². The second-order valence-electron chi connectivity index (χ2n) is 5.97. The van der Waals surface area contributed by atoms with E-state index in [0.29, 0.717) is 47.6 Å². The van der Waals surface area contributed by atoms with Gasteiger partial charge in [0, 0.05) is 38.6 Å². The molecule has 0 bridgehead atoms. The minimum atomic E-state index is -3.39. The van der Waals surface area contributed by atoms with Gasteiger partial charge in [0.15, 0.2) is 9.84 Å². The van der Waals surface area contributed by atoms with Crippen LogP contribution in [-0.2, 0) is 9.84 Å². The third-order valence-corrected chi connectivity index (χ3v) is 5.94. The molecule has 1 aromatic carbocycles. The molecule has 1 aliphatic heterocycles. The summed E-state index contributed by atoms with van der Waals surface area (Å²) in [4.78, 5) is 20.7. The first-order valence-corrected chi connectivity index (χ1v) is 10.6. The number of anilines is 1. The normalized spacial score (nSPS) is 15.2. The van der Waals surface area contributed by atoms with E-state index in [1.807, 2.05) is 4.90 Å². The van der Waals surface area contributed by atoms with Crippen LogP contribution in [0.15, 0.2) is 41.4 Å². The van der Waals surface area contributed by atoms with Gasteiger partial charge in [-0.3, -0.25) is 4.79 Å². The van der Waals surface area contributed by atoms with E-state index in [-0.39, 0.29) is 10.8 Å². The van der Waals surface area contributed by atoms with Crippen LogP contribution < -0.4 is 4.90 Å². The first kappa shape index (κ1) is 18.9. The number of rotatable bonds is 3. The van der Waals surface area contributed by atoms with Crippen LogP contribution in [0.3, 0.4) is 0 Å². The summed E-state index contributed by atoms with van der Waals surface area (Å²) in [5.41, 5.74) is 0.291. The Labute approximate surface area is 162 Å². The second kappa shape index (κ2) is 7.42. The van der Waals surface area contributed by atoms with Crippen molar-refractivity contribution >= 4 is 44.8 Å². The Morgan fingerprint density at radius 1 is 1.04 bits per heavy atom. The molecule has 0 radical (unpaired) electrons. The third kappa shape index (κ3) is 3.79. The van der Waals surface area contributed by atoms with Crippen LogP contribution in [0, 0.1) is 0 Å². The highest BCUT2D eigenvalue weighted by Crippen LogP contribution is 2.27. The van der Waals surface area contributed by atoms with Gasteiger partial charge in [-0.25, -0.2) is 13.4 Å². The molecule has 1 aliphatic rings. The monoisotopic (exact) mass is 413 g/mol. The molecule has 0 aliphatic carbocycles. The number of pyridine rings is 1. The van der Waals surface area contributed by atoms with Crippen molar-refractivity contribution in [3.05, 3.63) is 52.1 Å². The lowest BCUT2D eigenvalue weighted by molar-refractivity contribution is 0.0746. The first-order valence-electron chi connectivity index (χ1n) is 7.92. The maximum atomic E-state index is 12.7. The van der Waals surface area contributed by atoms with E-state index in [1.54, 1.807) is 41.4 Å². The molecule has 0 atom stereocenters. The molecular formula is C17H17Cl2N3O3S. The molecule has 1 saturated heterocycles. The number of nitrogens with zero attached hydrogens (tertiary/aromatic N) is 3. The van der Waals surface area contributed by atoms with Crippen molar-refractivity contribution in [1.82, 2.24) is 9.88 Å². The van der Waals surface area contributed by atoms with Crippen LogP contribution in [0.2, 0.25) is 10.0 Å². The molecule has 1 fully saturated rings. The summed E-state index contributed by atoms with van der Waals surface area (Å²) in [5, 5.41) is 0.628. The van der Waals surface area contributed by atoms with Gasteiger partial charge in [0.25, 0.3) is 5.91 Å². The Morgan fingerprint density at radius 3 is 2.23 bits per heavy atom.